The minimum atomic E-state index is -0.0198. The average Bonchev–Trinajstić information content (AvgIpc) is 2.55. The van der Waals surface area contributed by atoms with Crippen molar-refractivity contribution < 1.29 is 14.3 Å². The van der Waals surface area contributed by atoms with Crippen molar-refractivity contribution >= 4 is 5.78 Å². The Labute approximate surface area is 125 Å². The smallest absolute Gasteiger partial charge is 0.188 e. The van der Waals surface area contributed by atoms with Crippen molar-refractivity contribution in [1.82, 2.24) is 0 Å². The minimum absolute atomic E-state index is 0.0198. The van der Waals surface area contributed by atoms with Crippen LogP contribution in [-0.4, -0.2) is 26.1 Å². The largest absolute Gasteiger partial charge is 0.497 e. The number of benzene rings is 2. The van der Waals surface area contributed by atoms with E-state index in [2.05, 4.69) is 12.1 Å². The van der Waals surface area contributed by atoms with Gasteiger partial charge in [0.15, 0.2) is 5.78 Å². The Morgan fingerprint density at radius 2 is 1.86 bits per heavy atom. The van der Waals surface area contributed by atoms with Gasteiger partial charge in [-0.15, -0.1) is 0 Å². The topological polar surface area (TPSA) is 35.5 Å². The summed E-state index contributed by atoms with van der Waals surface area (Å²) in [5, 5.41) is 0. The van der Waals surface area contributed by atoms with Crippen LogP contribution in [0.5, 0.6) is 5.75 Å². The lowest BCUT2D eigenvalue weighted by atomic mass is 10.1. The SMILES string of the molecule is COc1cccc(C(=O)COCCCc2ccccc2)c1. The van der Waals surface area contributed by atoms with Gasteiger partial charge >= 0.3 is 0 Å². The Morgan fingerprint density at radius 3 is 2.62 bits per heavy atom. The fourth-order valence-electron chi connectivity index (χ4n) is 2.07. The number of hydrogen-bond donors (Lipinski definition) is 0. The van der Waals surface area contributed by atoms with Crippen LogP contribution in [0.15, 0.2) is 54.6 Å². The standard InChI is InChI=1S/C18H20O3/c1-20-17-11-5-10-16(13-17)18(19)14-21-12-6-9-15-7-3-2-4-8-15/h2-5,7-8,10-11,13H,6,9,12,14H2,1H3. The number of methoxy groups -OCH3 is 1. The van der Waals surface area contributed by atoms with E-state index < -0.39 is 0 Å². The number of carbonyl (C=O) groups excluding carboxylic acids is 1. The van der Waals surface area contributed by atoms with Crippen LogP contribution in [-0.2, 0) is 11.2 Å². The fraction of sp³-hybridized carbons (Fsp3) is 0.278. The molecule has 0 fully saturated rings. The van der Waals surface area contributed by atoms with Gasteiger partial charge in [0, 0.05) is 12.2 Å². The third-order valence-electron chi connectivity index (χ3n) is 3.22. The van der Waals surface area contributed by atoms with Crippen molar-refractivity contribution in [3.63, 3.8) is 0 Å². The van der Waals surface area contributed by atoms with Crippen LogP contribution in [0.4, 0.5) is 0 Å². The molecule has 2 aromatic rings. The van der Waals surface area contributed by atoms with Crippen molar-refractivity contribution in [2.75, 3.05) is 20.3 Å². The second-order valence-corrected chi connectivity index (χ2v) is 4.80. The first-order chi connectivity index (χ1) is 10.3. The molecule has 2 aromatic carbocycles. The number of ketones is 1. The number of aryl methyl sites for hydroxylation is 1. The van der Waals surface area contributed by atoms with E-state index in [9.17, 15) is 4.79 Å². The Hall–Kier alpha value is -2.13. The summed E-state index contributed by atoms with van der Waals surface area (Å²) in [4.78, 5) is 12.0. The van der Waals surface area contributed by atoms with Gasteiger partial charge in [0.05, 0.1) is 7.11 Å². The first kappa shape index (κ1) is 15.3. The highest BCUT2D eigenvalue weighted by molar-refractivity contribution is 5.97. The number of Topliss-reactive ketones (excluding diaryl/α,β-unsaturated/α-hetero) is 1. The van der Waals surface area contributed by atoms with E-state index >= 15 is 0 Å². The van der Waals surface area contributed by atoms with E-state index in [1.165, 1.54) is 5.56 Å². The molecule has 2 rings (SSSR count). The molecular formula is C18H20O3. The van der Waals surface area contributed by atoms with Crippen molar-refractivity contribution in [2.45, 2.75) is 12.8 Å². The molecule has 0 aliphatic rings. The summed E-state index contributed by atoms with van der Waals surface area (Å²) in [6, 6.07) is 17.4. The van der Waals surface area contributed by atoms with Crippen LogP contribution >= 0.6 is 0 Å². The summed E-state index contributed by atoms with van der Waals surface area (Å²) < 4.78 is 10.6. The molecule has 3 nitrogen and oxygen atoms in total. The molecule has 0 atom stereocenters. The maximum absolute atomic E-state index is 12.0. The fourth-order valence-corrected chi connectivity index (χ4v) is 2.07. The third-order valence-corrected chi connectivity index (χ3v) is 3.22. The van der Waals surface area contributed by atoms with Crippen molar-refractivity contribution in [3.05, 3.63) is 65.7 Å². The van der Waals surface area contributed by atoms with Crippen molar-refractivity contribution in [2.24, 2.45) is 0 Å². The van der Waals surface area contributed by atoms with Gasteiger partial charge in [0.1, 0.15) is 12.4 Å². The molecule has 0 spiro atoms. The highest BCUT2D eigenvalue weighted by Crippen LogP contribution is 2.13. The quantitative estimate of drug-likeness (QED) is 0.549. The molecule has 0 N–H and O–H groups in total. The van der Waals surface area contributed by atoms with E-state index in [1.807, 2.05) is 30.3 Å². The zero-order chi connectivity index (χ0) is 14.9. The lowest BCUT2D eigenvalue weighted by Gasteiger charge is -2.05. The Bertz CT molecular complexity index is 564. The molecule has 0 bridgehead atoms. The zero-order valence-corrected chi connectivity index (χ0v) is 12.2. The number of rotatable bonds is 8. The maximum Gasteiger partial charge on any atom is 0.188 e. The summed E-state index contributed by atoms with van der Waals surface area (Å²) in [5.74, 6) is 0.665. The molecule has 0 amide bonds. The Balaban J connectivity index is 1.69. The number of carbonyl (C=O) groups is 1. The highest BCUT2D eigenvalue weighted by atomic mass is 16.5. The summed E-state index contributed by atoms with van der Waals surface area (Å²) >= 11 is 0. The van der Waals surface area contributed by atoms with E-state index in [0.29, 0.717) is 17.9 Å². The first-order valence-corrected chi connectivity index (χ1v) is 7.08. The summed E-state index contributed by atoms with van der Waals surface area (Å²) in [6.45, 7) is 0.701. The Morgan fingerprint density at radius 1 is 1.05 bits per heavy atom. The molecule has 110 valence electrons. The molecular weight excluding hydrogens is 264 g/mol. The lowest BCUT2D eigenvalue weighted by molar-refractivity contribution is 0.0756. The molecule has 0 aromatic heterocycles. The normalized spacial score (nSPS) is 10.3. The maximum atomic E-state index is 12.0. The van der Waals surface area contributed by atoms with Crippen LogP contribution in [0, 0.1) is 0 Å². The van der Waals surface area contributed by atoms with Gasteiger partial charge in [-0.2, -0.15) is 0 Å². The molecule has 0 saturated carbocycles. The molecule has 0 heterocycles. The minimum Gasteiger partial charge on any atom is -0.497 e. The van der Waals surface area contributed by atoms with Gasteiger partial charge in [-0.05, 0) is 30.5 Å². The van der Waals surface area contributed by atoms with Gasteiger partial charge in [-0.25, -0.2) is 0 Å². The second kappa shape index (κ2) is 8.22. The van der Waals surface area contributed by atoms with Gasteiger partial charge in [-0.3, -0.25) is 4.79 Å². The van der Waals surface area contributed by atoms with E-state index in [-0.39, 0.29) is 12.4 Å². The van der Waals surface area contributed by atoms with Gasteiger partial charge in [0.25, 0.3) is 0 Å². The molecule has 0 radical (unpaired) electrons. The molecule has 3 heteroatoms. The van der Waals surface area contributed by atoms with Crippen LogP contribution in [0.25, 0.3) is 0 Å². The van der Waals surface area contributed by atoms with Gasteiger partial charge in [0.2, 0.25) is 0 Å². The van der Waals surface area contributed by atoms with E-state index in [0.717, 1.165) is 12.8 Å². The lowest BCUT2D eigenvalue weighted by Crippen LogP contribution is -2.10. The van der Waals surface area contributed by atoms with Crippen LogP contribution < -0.4 is 4.74 Å². The number of ether oxygens (including phenoxy) is 2. The van der Waals surface area contributed by atoms with Gasteiger partial charge < -0.3 is 9.47 Å². The monoisotopic (exact) mass is 284 g/mol. The summed E-state index contributed by atoms with van der Waals surface area (Å²) in [7, 11) is 1.59. The van der Waals surface area contributed by atoms with Crippen molar-refractivity contribution in [3.8, 4) is 5.75 Å². The zero-order valence-electron chi connectivity index (χ0n) is 12.2. The molecule has 0 aliphatic carbocycles. The molecule has 21 heavy (non-hydrogen) atoms. The second-order valence-electron chi connectivity index (χ2n) is 4.80. The molecule has 0 aliphatic heterocycles. The highest BCUT2D eigenvalue weighted by Gasteiger charge is 2.06. The predicted molar refractivity (Wildman–Crippen MR) is 82.9 cm³/mol. The van der Waals surface area contributed by atoms with Crippen LogP contribution in [0.3, 0.4) is 0 Å². The third kappa shape index (κ3) is 5.04. The van der Waals surface area contributed by atoms with Crippen LogP contribution in [0.1, 0.15) is 22.3 Å². The van der Waals surface area contributed by atoms with Gasteiger partial charge in [-0.1, -0.05) is 42.5 Å². The van der Waals surface area contributed by atoms with Crippen molar-refractivity contribution in [1.29, 1.82) is 0 Å². The van der Waals surface area contributed by atoms with E-state index in [4.69, 9.17) is 9.47 Å². The summed E-state index contributed by atoms with van der Waals surface area (Å²) in [6.07, 6.45) is 1.88. The average molecular weight is 284 g/mol. The predicted octanol–water partition coefficient (Wildman–Crippen LogP) is 3.53. The Kier molecular flexibility index (Phi) is 5.98. The number of hydrogen-bond acceptors (Lipinski definition) is 3. The van der Waals surface area contributed by atoms with E-state index in [1.54, 1.807) is 19.2 Å². The first-order valence-electron chi connectivity index (χ1n) is 7.08. The molecule has 0 saturated heterocycles. The summed E-state index contributed by atoms with van der Waals surface area (Å²) in [5.41, 5.74) is 1.91. The molecule has 0 unspecified atom stereocenters. The van der Waals surface area contributed by atoms with Crippen LogP contribution in [0.2, 0.25) is 0 Å².